The summed E-state index contributed by atoms with van der Waals surface area (Å²) in [5.74, 6) is 2.46. The maximum atomic E-state index is 6.23. The Balaban J connectivity index is 1.90. The molecule has 0 radical (unpaired) electrons. The van der Waals surface area contributed by atoms with Crippen molar-refractivity contribution in [3.63, 3.8) is 0 Å². The number of H-pyrrole nitrogens is 1. The van der Waals surface area contributed by atoms with E-state index in [1.165, 1.54) is 0 Å². The molecule has 0 aliphatic heterocycles. The predicted molar refractivity (Wildman–Crippen MR) is 87.4 cm³/mol. The number of nitrogens with two attached hydrogens (primary N) is 1. The van der Waals surface area contributed by atoms with Crippen LogP contribution in [0.1, 0.15) is 17.4 Å². The van der Waals surface area contributed by atoms with Gasteiger partial charge in [0.15, 0.2) is 17.3 Å². The summed E-state index contributed by atoms with van der Waals surface area (Å²) in [4.78, 5) is 4.50. The standard InChI is InChI=1S/C17H18N4O2/c1-22-13-9-8-12(10-14(13)23-2)16-19-17(21-20-16)15(18)11-6-4-3-5-7-11/h3-10,15H,18H2,1-2H3,(H,19,20,21)/t15-/m0/s1. The lowest BCUT2D eigenvalue weighted by Gasteiger charge is -2.08. The highest BCUT2D eigenvalue weighted by atomic mass is 16.5. The van der Waals surface area contributed by atoms with Crippen molar-refractivity contribution in [1.29, 1.82) is 0 Å². The number of ether oxygens (including phenoxy) is 2. The molecule has 1 heterocycles. The van der Waals surface area contributed by atoms with Crippen LogP contribution in [0.5, 0.6) is 11.5 Å². The second-order valence-corrected chi connectivity index (χ2v) is 5.00. The topological polar surface area (TPSA) is 86.0 Å². The van der Waals surface area contributed by atoms with Gasteiger partial charge in [-0.15, -0.1) is 0 Å². The summed E-state index contributed by atoms with van der Waals surface area (Å²) in [6.07, 6.45) is 0. The van der Waals surface area contributed by atoms with Crippen LogP contribution in [0.3, 0.4) is 0 Å². The molecule has 3 rings (SSSR count). The molecule has 6 heteroatoms. The van der Waals surface area contributed by atoms with Crippen molar-refractivity contribution >= 4 is 0 Å². The molecular weight excluding hydrogens is 292 g/mol. The molecule has 3 aromatic rings. The van der Waals surface area contributed by atoms with Crippen molar-refractivity contribution < 1.29 is 9.47 Å². The number of hydrogen-bond acceptors (Lipinski definition) is 5. The summed E-state index contributed by atoms with van der Waals surface area (Å²) in [6.45, 7) is 0. The maximum Gasteiger partial charge on any atom is 0.181 e. The summed E-state index contributed by atoms with van der Waals surface area (Å²) >= 11 is 0. The van der Waals surface area contributed by atoms with Gasteiger partial charge in [0.1, 0.15) is 5.82 Å². The van der Waals surface area contributed by atoms with Crippen LogP contribution in [0.15, 0.2) is 48.5 Å². The van der Waals surface area contributed by atoms with Crippen molar-refractivity contribution in [3.8, 4) is 22.9 Å². The fourth-order valence-electron chi connectivity index (χ4n) is 2.34. The Morgan fingerprint density at radius 2 is 1.74 bits per heavy atom. The molecule has 6 nitrogen and oxygen atoms in total. The van der Waals surface area contributed by atoms with Crippen molar-refractivity contribution in [3.05, 3.63) is 59.9 Å². The molecule has 3 N–H and O–H groups in total. The number of aromatic nitrogens is 3. The molecule has 23 heavy (non-hydrogen) atoms. The van der Waals surface area contributed by atoms with Gasteiger partial charge in [-0.1, -0.05) is 30.3 Å². The highest BCUT2D eigenvalue weighted by molar-refractivity contribution is 5.61. The second kappa shape index (κ2) is 6.50. The Morgan fingerprint density at radius 3 is 2.43 bits per heavy atom. The van der Waals surface area contributed by atoms with Gasteiger partial charge in [-0.3, -0.25) is 5.10 Å². The number of nitrogens with zero attached hydrogens (tertiary/aromatic N) is 2. The van der Waals surface area contributed by atoms with Gasteiger partial charge in [0.05, 0.1) is 20.3 Å². The zero-order chi connectivity index (χ0) is 16.2. The monoisotopic (exact) mass is 310 g/mol. The van der Waals surface area contributed by atoms with E-state index >= 15 is 0 Å². The van der Waals surface area contributed by atoms with Gasteiger partial charge >= 0.3 is 0 Å². The smallest absolute Gasteiger partial charge is 0.181 e. The average molecular weight is 310 g/mol. The van der Waals surface area contributed by atoms with Crippen LogP contribution in [0.2, 0.25) is 0 Å². The lowest BCUT2D eigenvalue weighted by atomic mass is 10.1. The molecule has 0 unspecified atom stereocenters. The van der Waals surface area contributed by atoms with E-state index in [2.05, 4.69) is 15.2 Å². The Kier molecular flexibility index (Phi) is 4.25. The van der Waals surface area contributed by atoms with Crippen molar-refractivity contribution in [1.82, 2.24) is 15.2 Å². The van der Waals surface area contributed by atoms with Crippen LogP contribution in [-0.2, 0) is 0 Å². The van der Waals surface area contributed by atoms with Crippen LogP contribution in [0, 0.1) is 0 Å². The Labute approximate surface area is 134 Å². The third-order valence-corrected chi connectivity index (χ3v) is 3.60. The zero-order valence-electron chi connectivity index (χ0n) is 13.0. The minimum Gasteiger partial charge on any atom is -0.493 e. The van der Waals surface area contributed by atoms with Gasteiger partial charge in [-0.2, -0.15) is 5.10 Å². The van der Waals surface area contributed by atoms with Gasteiger partial charge in [0.2, 0.25) is 0 Å². The quantitative estimate of drug-likeness (QED) is 0.756. The third kappa shape index (κ3) is 3.02. The molecule has 2 aromatic carbocycles. The largest absolute Gasteiger partial charge is 0.493 e. The van der Waals surface area contributed by atoms with Gasteiger partial charge in [0.25, 0.3) is 0 Å². The van der Waals surface area contributed by atoms with E-state index in [-0.39, 0.29) is 6.04 Å². The van der Waals surface area contributed by atoms with Crippen LogP contribution >= 0.6 is 0 Å². The normalized spacial score (nSPS) is 12.0. The van der Waals surface area contributed by atoms with E-state index < -0.39 is 0 Å². The summed E-state index contributed by atoms with van der Waals surface area (Å²) in [6, 6.07) is 14.9. The predicted octanol–water partition coefficient (Wildman–Crippen LogP) is 2.54. The van der Waals surface area contributed by atoms with Gasteiger partial charge < -0.3 is 15.2 Å². The van der Waals surface area contributed by atoms with Crippen molar-refractivity contribution in [2.24, 2.45) is 5.73 Å². The van der Waals surface area contributed by atoms with E-state index in [9.17, 15) is 0 Å². The highest BCUT2D eigenvalue weighted by Crippen LogP contribution is 2.31. The first-order valence-corrected chi connectivity index (χ1v) is 7.18. The molecule has 1 atom stereocenters. The fourth-order valence-corrected chi connectivity index (χ4v) is 2.34. The molecule has 0 aliphatic carbocycles. The Hall–Kier alpha value is -2.86. The molecule has 0 bridgehead atoms. The van der Waals surface area contributed by atoms with Crippen LogP contribution in [0.4, 0.5) is 0 Å². The molecule has 118 valence electrons. The molecule has 0 fully saturated rings. The lowest BCUT2D eigenvalue weighted by molar-refractivity contribution is 0.355. The molecular formula is C17H18N4O2. The van der Waals surface area contributed by atoms with Crippen LogP contribution in [-0.4, -0.2) is 29.4 Å². The number of aromatic amines is 1. The summed E-state index contributed by atoms with van der Waals surface area (Å²) in [5.41, 5.74) is 8.03. The number of nitrogens with one attached hydrogen (secondary N) is 1. The van der Waals surface area contributed by atoms with Crippen LogP contribution < -0.4 is 15.2 Å². The van der Waals surface area contributed by atoms with E-state index in [4.69, 9.17) is 15.2 Å². The van der Waals surface area contributed by atoms with Crippen LogP contribution in [0.25, 0.3) is 11.4 Å². The minimum atomic E-state index is -0.349. The zero-order valence-corrected chi connectivity index (χ0v) is 13.0. The van der Waals surface area contributed by atoms with Crippen molar-refractivity contribution in [2.45, 2.75) is 6.04 Å². The SMILES string of the molecule is COc1ccc(-c2n[nH]c([C@@H](N)c3ccccc3)n2)cc1OC. The second-order valence-electron chi connectivity index (χ2n) is 5.00. The molecule has 1 aromatic heterocycles. The van der Waals surface area contributed by atoms with E-state index in [1.807, 2.05) is 48.5 Å². The van der Waals surface area contributed by atoms with E-state index in [0.29, 0.717) is 23.1 Å². The third-order valence-electron chi connectivity index (χ3n) is 3.60. The first-order valence-electron chi connectivity index (χ1n) is 7.18. The van der Waals surface area contributed by atoms with Crippen molar-refractivity contribution in [2.75, 3.05) is 14.2 Å². The Bertz CT molecular complexity index is 786. The number of methoxy groups -OCH3 is 2. The summed E-state index contributed by atoms with van der Waals surface area (Å²) < 4.78 is 10.5. The molecule has 0 aliphatic rings. The molecule has 0 spiro atoms. The van der Waals surface area contributed by atoms with E-state index in [0.717, 1.165) is 11.1 Å². The summed E-state index contributed by atoms with van der Waals surface area (Å²) in [5, 5.41) is 7.16. The number of benzene rings is 2. The van der Waals surface area contributed by atoms with E-state index in [1.54, 1.807) is 14.2 Å². The maximum absolute atomic E-state index is 6.23. The summed E-state index contributed by atoms with van der Waals surface area (Å²) in [7, 11) is 3.19. The molecule has 0 amide bonds. The first kappa shape index (κ1) is 15.1. The number of rotatable bonds is 5. The first-order chi connectivity index (χ1) is 11.2. The van der Waals surface area contributed by atoms with Gasteiger partial charge in [-0.05, 0) is 23.8 Å². The molecule has 0 saturated heterocycles. The highest BCUT2D eigenvalue weighted by Gasteiger charge is 2.15. The van der Waals surface area contributed by atoms with Gasteiger partial charge in [0, 0.05) is 5.56 Å². The fraction of sp³-hybridized carbons (Fsp3) is 0.176. The Morgan fingerprint density at radius 1 is 1.00 bits per heavy atom. The average Bonchev–Trinajstić information content (AvgIpc) is 3.11. The van der Waals surface area contributed by atoms with Gasteiger partial charge in [-0.25, -0.2) is 4.98 Å². The number of hydrogen-bond donors (Lipinski definition) is 2. The molecule has 0 saturated carbocycles. The lowest BCUT2D eigenvalue weighted by Crippen LogP contribution is -2.13. The minimum absolute atomic E-state index is 0.349.